The first-order chi connectivity index (χ1) is 7.51. The largest absolute Gasteiger partial charge is 0.494 e. The Morgan fingerprint density at radius 1 is 1.12 bits per heavy atom. The van der Waals surface area contributed by atoms with E-state index in [4.69, 9.17) is 4.74 Å². The molecule has 1 rings (SSSR count). The second-order valence-corrected chi connectivity index (χ2v) is 6.07. The van der Waals surface area contributed by atoms with Gasteiger partial charge in [-0.15, -0.1) is 11.8 Å². The number of thioether (sulfide) groups is 1. The first-order valence-electron chi connectivity index (χ1n) is 5.78. The molecule has 0 aliphatic rings. The van der Waals surface area contributed by atoms with Crippen molar-refractivity contribution in [2.45, 2.75) is 38.5 Å². The predicted octanol–water partition coefficient (Wildman–Crippen LogP) is 4.61. The van der Waals surface area contributed by atoms with Crippen molar-refractivity contribution in [1.29, 1.82) is 0 Å². The smallest absolute Gasteiger partial charge is 0.119 e. The van der Waals surface area contributed by atoms with Crippen LogP contribution in [0.5, 0.6) is 5.75 Å². The second-order valence-electron chi connectivity index (χ2n) is 5.19. The molecule has 0 bridgehead atoms. The maximum atomic E-state index is 5.69. The molecule has 0 aliphatic carbocycles. The van der Waals surface area contributed by atoms with E-state index in [9.17, 15) is 0 Å². The standard InChI is InChI=1S/C14H22OS/c1-14(2,3)10-5-11-15-12-6-8-13(16-4)9-7-12/h6-9H,5,10-11H2,1-4H3. The lowest BCUT2D eigenvalue weighted by atomic mass is 9.91. The zero-order valence-electron chi connectivity index (χ0n) is 10.7. The van der Waals surface area contributed by atoms with Gasteiger partial charge in [0.1, 0.15) is 5.75 Å². The zero-order chi connectivity index (χ0) is 12.0. The Hall–Kier alpha value is -0.630. The van der Waals surface area contributed by atoms with Crippen LogP contribution in [-0.4, -0.2) is 12.9 Å². The highest BCUT2D eigenvalue weighted by Gasteiger charge is 2.09. The van der Waals surface area contributed by atoms with E-state index in [2.05, 4.69) is 39.2 Å². The molecule has 0 heterocycles. The molecule has 0 radical (unpaired) electrons. The van der Waals surface area contributed by atoms with Gasteiger partial charge in [-0.2, -0.15) is 0 Å². The van der Waals surface area contributed by atoms with Gasteiger partial charge in [0.2, 0.25) is 0 Å². The minimum Gasteiger partial charge on any atom is -0.494 e. The summed E-state index contributed by atoms with van der Waals surface area (Å²) < 4.78 is 5.69. The fourth-order valence-corrected chi connectivity index (χ4v) is 1.87. The van der Waals surface area contributed by atoms with Crippen LogP contribution < -0.4 is 4.74 Å². The van der Waals surface area contributed by atoms with E-state index in [1.54, 1.807) is 11.8 Å². The summed E-state index contributed by atoms with van der Waals surface area (Å²) in [6, 6.07) is 8.29. The SMILES string of the molecule is CSc1ccc(OCCCC(C)(C)C)cc1. The molecule has 1 nitrogen and oxygen atoms in total. The average molecular weight is 238 g/mol. The van der Waals surface area contributed by atoms with Crippen molar-refractivity contribution in [3.8, 4) is 5.75 Å². The summed E-state index contributed by atoms with van der Waals surface area (Å²) in [4.78, 5) is 1.28. The number of benzene rings is 1. The van der Waals surface area contributed by atoms with Crippen molar-refractivity contribution in [3.63, 3.8) is 0 Å². The molecule has 0 saturated carbocycles. The average Bonchev–Trinajstić information content (AvgIpc) is 2.24. The van der Waals surface area contributed by atoms with E-state index in [0.29, 0.717) is 5.41 Å². The topological polar surface area (TPSA) is 9.23 Å². The van der Waals surface area contributed by atoms with Crippen molar-refractivity contribution < 1.29 is 4.74 Å². The molecule has 0 N–H and O–H groups in total. The molecule has 0 saturated heterocycles. The fraction of sp³-hybridized carbons (Fsp3) is 0.571. The van der Waals surface area contributed by atoms with E-state index in [1.807, 2.05) is 12.1 Å². The monoisotopic (exact) mass is 238 g/mol. The molecule has 0 spiro atoms. The third-order valence-electron chi connectivity index (χ3n) is 2.40. The molecular weight excluding hydrogens is 216 g/mol. The van der Waals surface area contributed by atoms with Gasteiger partial charge >= 0.3 is 0 Å². The first-order valence-corrected chi connectivity index (χ1v) is 7.00. The Kier molecular flexibility index (Phi) is 5.20. The molecule has 0 fully saturated rings. The van der Waals surface area contributed by atoms with E-state index >= 15 is 0 Å². The van der Waals surface area contributed by atoms with Crippen LogP contribution in [0.15, 0.2) is 29.2 Å². The van der Waals surface area contributed by atoms with E-state index in [0.717, 1.165) is 18.8 Å². The molecule has 0 amide bonds. The summed E-state index contributed by atoms with van der Waals surface area (Å²) in [5.41, 5.74) is 0.409. The number of rotatable bonds is 5. The van der Waals surface area contributed by atoms with E-state index < -0.39 is 0 Å². The Bertz CT molecular complexity index is 298. The first kappa shape index (κ1) is 13.4. The number of ether oxygens (including phenoxy) is 1. The van der Waals surface area contributed by atoms with Gasteiger partial charge < -0.3 is 4.74 Å². The Morgan fingerprint density at radius 3 is 2.25 bits per heavy atom. The maximum absolute atomic E-state index is 5.69. The molecular formula is C14H22OS. The molecule has 0 atom stereocenters. The van der Waals surface area contributed by atoms with Crippen LogP contribution in [0.4, 0.5) is 0 Å². The minimum absolute atomic E-state index is 0.409. The maximum Gasteiger partial charge on any atom is 0.119 e. The lowest BCUT2D eigenvalue weighted by molar-refractivity contribution is 0.269. The highest BCUT2D eigenvalue weighted by atomic mass is 32.2. The molecule has 2 heteroatoms. The molecule has 1 aromatic carbocycles. The summed E-state index contributed by atoms with van der Waals surface area (Å²) in [6.45, 7) is 7.61. The van der Waals surface area contributed by atoms with Gasteiger partial charge in [-0.1, -0.05) is 20.8 Å². The Balaban J connectivity index is 2.27. The molecule has 0 unspecified atom stereocenters. The molecule has 1 aromatic rings. The van der Waals surface area contributed by atoms with Gasteiger partial charge in [-0.3, -0.25) is 0 Å². The normalized spacial score (nSPS) is 11.5. The van der Waals surface area contributed by atoms with E-state index in [1.165, 1.54) is 11.3 Å². The van der Waals surface area contributed by atoms with Crippen molar-refractivity contribution in [1.82, 2.24) is 0 Å². The van der Waals surface area contributed by atoms with Crippen molar-refractivity contribution in [2.75, 3.05) is 12.9 Å². The highest BCUT2D eigenvalue weighted by Crippen LogP contribution is 2.22. The minimum atomic E-state index is 0.409. The van der Waals surface area contributed by atoms with Crippen LogP contribution in [0.25, 0.3) is 0 Å². The van der Waals surface area contributed by atoms with Crippen molar-refractivity contribution in [3.05, 3.63) is 24.3 Å². The van der Waals surface area contributed by atoms with E-state index in [-0.39, 0.29) is 0 Å². The van der Waals surface area contributed by atoms with Gasteiger partial charge in [-0.05, 0) is 48.8 Å². The molecule has 90 valence electrons. The molecule has 0 aliphatic heterocycles. The summed E-state index contributed by atoms with van der Waals surface area (Å²) in [6.07, 6.45) is 4.41. The zero-order valence-corrected chi connectivity index (χ0v) is 11.6. The van der Waals surface area contributed by atoms with Crippen LogP contribution in [0.2, 0.25) is 0 Å². The highest BCUT2D eigenvalue weighted by molar-refractivity contribution is 7.98. The Morgan fingerprint density at radius 2 is 1.75 bits per heavy atom. The van der Waals surface area contributed by atoms with Crippen LogP contribution in [0, 0.1) is 5.41 Å². The molecule has 16 heavy (non-hydrogen) atoms. The molecule has 0 aromatic heterocycles. The van der Waals surface area contributed by atoms with Gasteiger partial charge in [-0.25, -0.2) is 0 Å². The summed E-state index contributed by atoms with van der Waals surface area (Å²) in [5, 5.41) is 0. The number of hydrogen-bond donors (Lipinski definition) is 0. The van der Waals surface area contributed by atoms with Crippen LogP contribution in [0.1, 0.15) is 33.6 Å². The summed E-state index contributed by atoms with van der Waals surface area (Å²) >= 11 is 1.75. The Labute approximate surface area is 104 Å². The van der Waals surface area contributed by atoms with Crippen molar-refractivity contribution in [2.24, 2.45) is 5.41 Å². The van der Waals surface area contributed by atoms with Gasteiger partial charge in [0.15, 0.2) is 0 Å². The lowest BCUT2D eigenvalue weighted by Crippen LogP contribution is -2.07. The lowest BCUT2D eigenvalue weighted by Gasteiger charge is -2.17. The predicted molar refractivity (Wildman–Crippen MR) is 72.4 cm³/mol. The van der Waals surface area contributed by atoms with Crippen LogP contribution >= 0.6 is 11.8 Å². The second kappa shape index (κ2) is 6.19. The van der Waals surface area contributed by atoms with Gasteiger partial charge in [0.25, 0.3) is 0 Å². The van der Waals surface area contributed by atoms with Gasteiger partial charge in [0, 0.05) is 4.90 Å². The van der Waals surface area contributed by atoms with Gasteiger partial charge in [0.05, 0.1) is 6.61 Å². The summed E-state index contributed by atoms with van der Waals surface area (Å²) in [7, 11) is 0. The fourth-order valence-electron chi connectivity index (χ4n) is 1.46. The summed E-state index contributed by atoms with van der Waals surface area (Å²) in [5.74, 6) is 0.978. The quantitative estimate of drug-likeness (QED) is 0.547. The third kappa shape index (κ3) is 5.45. The van der Waals surface area contributed by atoms with Crippen LogP contribution in [0.3, 0.4) is 0 Å². The van der Waals surface area contributed by atoms with Crippen molar-refractivity contribution >= 4 is 11.8 Å². The third-order valence-corrected chi connectivity index (χ3v) is 3.14. The van der Waals surface area contributed by atoms with Crippen LogP contribution in [-0.2, 0) is 0 Å². The number of hydrogen-bond acceptors (Lipinski definition) is 2.